The van der Waals surface area contributed by atoms with Crippen molar-refractivity contribution in [3.8, 4) is 0 Å². The quantitative estimate of drug-likeness (QED) is 0.680. The lowest BCUT2D eigenvalue weighted by Gasteiger charge is -2.32. The highest BCUT2D eigenvalue weighted by Crippen LogP contribution is 2.32. The minimum absolute atomic E-state index is 0.0756. The van der Waals surface area contributed by atoms with Crippen LogP contribution in [0.3, 0.4) is 0 Å². The van der Waals surface area contributed by atoms with E-state index >= 15 is 0 Å². The Hall–Kier alpha value is -3.56. The molecule has 0 aromatic carbocycles. The average molecular weight is 396 g/mol. The van der Waals surface area contributed by atoms with Gasteiger partial charge in [-0.15, -0.1) is 0 Å². The van der Waals surface area contributed by atoms with E-state index in [2.05, 4.69) is 30.7 Å². The van der Waals surface area contributed by atoms with Crippen molar-refractivity contribution in [2.45, 2.75) is 33.0 Å². The molecule has 29 heavy (non-hydrogen) atoms. The van der Waals surface area contributed by atoms with Crippen LogP contribution in [0.25, 0.3) is 0 Å². The Balaban J connectivity index is 1.45. The number of nitrogens with one attached hydrogen (secondary N) is 2. The molecule has 10 heteroatoms. The molecule has 9 nitrogen and oxygen atoms in total. The monoisotopic (exact) mass is 396 g/mol. The smallest absolute Gasteiger partial charge is 0.246 e. The minimum atomic E-state index is -0.369. The van der Waals surface area contributed by atoms with Gasteiger partial charge in [0.15, 0.2) is 5.82 Å². The Morgan fingerprint density at radius 3 is 2.86 bits per heavy atom. The fourth-order valence-corrected chi connectivity index (χ4v) is 3.12. The number of anilines is 3. The molecule has 0 fully saturated rings. The van der Waals surface area contributed by atoms with E-state index in [1.807, 2.05) is 32.0 Å². The lowest BCUT2D eigenvalue weighted by Crippen LogP contribution is -2.44. The number of aryl methyl sites for hydroxylation is 1. The molecule has 0 unspecified atom stereocenters. The van der Waals surface area contributed by atoms with E-state index in [1.54, 1.807) is 17.1 Å². The molecule has 0 radical (unpaired) electrons. The predicted octanol–water partition coefficient (Wildman–Crippen LogP) is 1.95. The number of carbonyl (C=O) groups excluding carboxylic acids is 1. The fourth-order valence-electron chi connectivity index (χ4n) is 3.12. The third-order valence-corrected chi connectivity index (χ3v) is 4.86. The van der Waals surface area contributed by atoms with Gasteiger partial charge >= 0.3 is 0 Å². The molecule has 2 N–H and O–H groups in total. The number of aromatic nitrogens is 5. The molecule has 1 aliphatic heterocycles. The normalized spacial score (nSPS) is 15.8. The van der Waals surface area contributed by atoms with E-state index in [9.17, 15) is 9.18 Å². The summed E-state index contributed by atoms with van der Waals surface area (Å²) in [5, 5.41) is 10.4. The maximum Gasteiger partial charge on any atom is 0.246 e. The Morgan fingerprint density at radius 2 is 2.07 bits per heavy atom. The first-order valence-electron chi connectivity index (χ1n) is 9.17. The van der Waals surface area contributed by atoms with E-state index in [0.29, 0.717) is 36.2 Å². The zero-order valence-corrected chi connectivity index (χ0v) is 16.3. The van der Waals surface area contributed by atoms with Gasteiger partial charge in [0.2, 0.25) is 11.9 Å². The van der Waals surface area contributed by atoms with Gasteiger partial charge in [0, 0.05) is 31.5 Å². The molecule has 0 aliphatic carbocycles. The molecule has 1 aliphatic rings. The van der Waals surface area contributed by atoms with Crippen molar-refractivity contribution in [1.29, 1.82) is 0 Å². The predicted molar refractivity (Wildman–Crippen MR) is 106 cm³/mol. The number of amides is 1. The average Bonchev–Trinajstić information content (AvgIpc) is 3.13. The number of hydrogen-bond donors (Lipinski definition) is 2. The number of rotatable bonds is 5. The molecular formula is C19H21FN8O. The Morgan fingerprint density at radius 1 is 1.24 bits per heavy atom. The lowest BCUT2D eigenvalue weighted by atomic mass is 10.2. The molecule has 1 amide bonds. The number of pyridine rings is 1. The molecule has 0 bridgehead atoms. The second-order valence-electron chi connectivity index (χ2n) is 7.02. The number of carbonyl (C=O) groups is 1. The summed E-state index contributed by atoms with van der Waals surface area (Å²) in [6, 6.07) is 1.13. The molecule has 150 valence electrons. The molecule has 3 aromatic heterocycles. The van der Waals surface area contributed by atoms with E-state index in [4.69, 9.17) is 0 Å². The van der Waals surface area contributed by atoms with Crippen LogP contribution in [-0.4, -0.2) is 43.7 Å². The number of nitrogens with zero attached hydrogens (tertiary/aromatic N) is 6. The SMILES string of the molecule is Cc1nc(NCc2cnn(Cc3cncc(F)c3)c2)nc2c1NC(=O)[C@H](C)N2C. The summed E-state index contributed by atoms with van der Waals surface area (Å²) < 4.78 is 15.0. The first kappa shape index (κ1) is 18.8. The van der Waals surface area contributed by atoms with E-state index in [-0.39, 0.29) is 17.8 Å². The van der Waals surface area contributed by atoms with Gasteiger partial charge in [0.05, 0.1) is 24.6 Å². The molecule has 4 heterocycles. The second kappa shape index (κ2) is 7.46. The number of hydrogen-bond acceptors (Lipinski definition) is 7. The van der Waals surface area contributed by atoms with Gasteiger partial charge in [0.1, 0.15) is 17.5 Å². The third kappa shape index (κ3) is 3.86. The first-order chi connectivity index (χ1) is 13.9. The van der Waals surface area contributed by atoms with Gasteiger partial charge in [-0.3, -0.25) is 14.5 Å². The molecule has 1 atom stereocenters. The summed E-state index contributed by atoms with van der Waals surface area (Å²) in [5.41, 5.74) is 3.00. The highest BCUT2D eigenvalue weighted by Gasteiger charge is 2.30. The van der Waals surface area contributed by atoms with Crippen molar-refractivity contribution < 1.29 is 9.18 Å². The molecular weight excluding hydrogens is 375 g/mol. The number of likely N-dealkylation sites (N-methyl/N-ethyl adjacent to an activating group) is 1. The minimum Gasteiger partial charge on any atom is -0.350 e. The van der Waals surface area contributed by atoms with Gasteiger partial charge in [-0.1, -0.05) is 0 Å². The Labute approximate surface area is 167 Å². The van der Waals surface area contributed by atoms with Crippen LogP contribution >= 0.6 is 0 Å². The van der Waals surface area contributed by atoms with Crippen LogP contribution in [0.5, 0.6) is 0 Å². The Kier molecular flexibility index (Phi) is 4.83. The van der Waals surface area contributed by atoms with Gasteiger partial charge in [-0.25, -0.2) is 9.37 Å². The van der Waals surface area contributed by atoms with Crippen molar-refractivity contribution in [3.63, 3.8) is 0 Å². The number of halogens is 1. The van der Waals surface area contributed by atoms with Crippen LogP contribution in [0.4, 0.5) is 21.8 Å². The highest BCUT2D eigenvalue weighted by atomic mass is 19.1. The van der Waals surface area contributed by atoms with Crippen molar-refractivity contribution in [2.75, 3.05) is 22.6 Å². The number of fused-ring (bicyclic) bond motifs is 1. The van der Waals surface area contributed by atoms with E-state index in [1.165, 1.54) is 12.3 Å². The third-order valence-electron chi connectivity index (χ3n) is 4.86. The molecule has 0 saturated carbocycles. The summed E-state index contributed by atoms with van der Waals surface area (Å²) in [7, 11) is 1.84. The zero-order valence-electron chi connectivity index (χ0n) is 16.3. The van der Waals surface area contributed by atoms with Crippen molar-refractivity contribution in [3.05, 3.63) is 53.5 Å². The fraction of sp³-hybridized carbons (Fsp3) is 0.316. The van der Waals surface area contributed by atoms with Crippen LogP contribution in [0, 0.1) is 12.7 Å². The van der Waals surface area contributed by atoms with Crippen LogP contribution < -0.4 is 15.5 Å². The van der Waals surface area contributed by atoms with Gasteiger partial charge in [-0.2, -0.15) is 10.1 Å². The summed E-state index contributed by atoms with van der Waals surface area (Å²) in [5.74, 6) is 0.709. The summed E-state index contributed by atoms with van der Waals surface area (Å²) in [4.78, 5) is 26.7. The largest absolute Gasteiger partial charge is 0.350 e. The summed E-state index contributed by atoms with van der Waals surface area (Å²) >= 11 is 0. The summed E-state index contributed by atoms with van der Waals surface area (Å²) in [6.45, 7) is 4.57. The van der Waals surface area contributed by atoms with Crippen LogP contribution in [0.2, 0.25) is 0 Å². The lowest BCUT2D eigenvalue weighted by molar-refractivity contribution is -0.117. The van der Waals surface area contributed by atoms with Gasteiger partial charge in [-0.05, 0) is 25.5 Å². The van der Waals surface area contributed by atoms with E-state index in [0.717, 1.165) is 11.1 Å². The first-order valence-corrected chi connectivity index (χ1v) is 9.17. The van der Waals surface area contributed by atoms with Crippen LogP contribution in [-0.2, 0) is 17.9 Å². The van der Waals surface area contributed by atoms with Crippen LogP contribution in [0.15, 0.2) is 30.9 Å². The van der Waals surface area contributed by atoms with Crippen molar-refractivity contribution in [1.82, 2.24) is 24.7 Å². The van der Waals surface area contributed by atoms with Gasteiger partial charge in [0.25, 0.3) is 0 Å². The zero-order chi connectivity index (χ0) is 20.5. The van der Waals surface area contributed by atoms with Crippen molar-refractivity contribution >= 4 is 23.4 Å². The molecule has 0 spiro atoms. The van der Waals surface area contributed by atoms with Crippen LogP contribution in [0.1, 0.15) is 23.7 Å². The molecule has 4 rings (SSSR count). The standard InChI is InChI=1S/C19H21FN8O/c1-11-16-17(27(3)12(2)18(29)25-16)26-19(24-11)22-6-14-7-23-28(10-14)9-13-4-15(20)8-21-5-13/h4-5,7-8,10,12H,6,9H2,1-3H3,(H,25,29)(H,22,24,26)/t12-/m0/s1. The van der Waals surface area contributed by atoms with Gasteiger partial charge < -0.3 is 15.5 Å². The topological polar surface area (TPSA) is 101 Å². The molecule has 0 saturated heterocycles. The highest BCUT2D eigenvalue weighted by molar-refractivity contribution is 6.03. The molecule has 3 aromatic rings. The second-order valence-corrected chi connectivity index (χ2v) is 7.02. The Bertz CT molecular complexity index is 1070. The summed E-state index contributed by atoms with van der Waals surface area (Å²) in [6.07, 6.45) is 6.39. The maximum absolute atomic E-state index is 13.3. The van der Waals surface area contributed by atoms with Crippen molar-refractivity contribution in [2.24, 2.45) is 0 Å². The van der Waals surface area contributed by atoms with E-state index < -0.39 is 0 Å². The maximum atomic E-state index is 13.3.